The average molecular weight is 275 g/mol. The third kappa shape index (κ3) is 4.15. The first-order chi connectivity index (χ1) is 9.81. The second-order valence-electron chi connectivity index (χ2n) is 4.66. The lowest BCUT2D eigenvalue weighted by Gasteiger charge is -2.06. The Balaban J connectivity index is 1.83. The van der Waals surface area contributed by atoms with Crippen molar-refractivity contribution in [1.82, 2.24) is 14.7 Å². The summed E-state index contributed by atoms with van der Waals surface area (Å²) in [6.07, 6.45) is 3.75. The highest BCUT2D eigenvalue weighted by molar-refractivity contribution is 5.37. The van der Waals surface area contributed by atoms with E-state index in [1.807, 2.05) is 18.2 Å². The van der Waals surface area contributed by atoms with Crippen LogP contribution in [0.5, 0.6) is 0 Å². The zero-order valence-corrected chi connectivity index (χ0v) is 11.8. The van der Waals surface area contributed by atoms with Crippen LogP contribution in [0, 0.1) is 0 Å². The van der Waals surface area contributed by atoms with Gasteiger partial charge < -0.3 is 10.1 Å². The first kappa shape index (κ1) is 14.7. The summed E-state index contributed by atoms with van der Waals surface area (Å²) in [5.74, 6) is 0. The van der Waals surface area contributed by atoms with Crippen molar-refractivity contribution in [1.29, 1.82) is 0 Å². The Morgan fingerprint density at radius 2 is 2.25 bits per heavy atom. The lowest BCUT2D eigenvalue weighted by Crippen LogP contribution is -2.21. The van der Waals surface area contributed by atoms with E-state index in [1.54, 1.807) is 16.7 Å². The van der Waals surface area contributed by atoms with E-state index in [1.165, 1.54) is 0 Å². The summed E-state index contributed by atoms with van der Waals surface area (Å²) in [6.45, 7) is 5.16. The van der Waals surface area contributed by atoms with Crippen LogP contribution < -0.4 is 10.9 Å². The normalized spacial score (nSPS) is 11.1. The molecule has 2 heterocycles. The molecule has 5 nitrogen and oxygen atoms in total. The number of hydrogen-bond donors (Lipinski definition) is 1. The van der Waals surface area contributed by atoms with Crippen LogP contribution in [-0.2, 0) is 11.3 Å². The second kappa shape index (κ2) is 7.77. The highest BCUT2D eigenvalue weighted by Crippen LogP contribution is 1.98. The maximum Gasteiger partial charge on any atom is 0.258 e. The highest BCUT2D eigenvalue weighted by Gasteiger charge is 2.01. The van der Waals surface area contributed by atoms with Gasteiger partial charge in [-0.25, -0.2) is 4.98 Å². The number of aromatic nitrogens is 2. The van der Waals surface area contributed by atoms with Crippen molar-refractivity contribution < 1.29 is 4.74 Å². The van der Waals surface area contributed by atoms with Crippen molar-refractivity contribution >= 4 is 5.65 Å². The summed E-state index contributed by atoms with van der Waals surface area (Å²) < 4.78 is 6.95. The Morgan fingerprint density at radius 3 is 3.10 bits per heavy atom. The summed E-state index contributed by atoms with van der Waals surface area (Å²) in [4.78, 5) is 16.3. The van der Waals surface area contributed by atoms with Crippen LogP contribution in [0.1, 0.15) is 25.5 Å². The van der Waals surface area contributed by atoms with Crippen LogP contribution in [0.4, 0.5) is 0 Å². The van der Waals surface area contributed by atoms with Gasteiger partial charge in [0.05, 0.1) is 5.69 Å². The van der Waals surface area contributed by atoms with Gasteiger partial charge in [-0.15, -0.1) is 0 Å². The lowest BCUT2D eigenvalue weighted by molar-refractivity contribution is 0.132. The fourth-order valence-corrected chi connectivity index (χ4v) is 1.96. The van der Waals surface area contributed by atoms with Gasteiger partial charge >= 0.3 is 0 Å². The molecule has 1 N–H and O–H groups in total. The van der Waals surface area contributed by atoms with Crippen molar-refractivity contribution in [2.75, 3.05) is 19.8 Å². The number of nitrogens with zero attached hydrogens (tertiary/aromatic N) is 2. The molecule has 0 aliphatic heterocycles. The summed E-state index contributed by atoms with van der Waals surface area (Å²) in [6, 6.07) is 7.12. The molecular weight excluding hydrogens is 254 g/mol. The first-order valence-corrected chi connectivity index (χ1v) is 7.07. The lowest BCUT2D eigenvalue weighted by atomic mass is 10.3. The Morgan fingerprint density at radius 1 is 1.35 bits per heavy atom. The van der Waals surface area contributed by atoms with Crippen molar-refractivity contribution in [3.8, 4) is 0 Å². The molecule has 0 saturated carbocycles. The Labute approximate surface area is 118 Å². The second-order valence-corrected chi connectivity index (χ2v) is 4.66. The minimum atomic E-state index is -0.0429. The van der Waals surface area contributed by atoms with E-state index >= 15 is 0 Å². The fourth-order valence-electron chi connectivity index (χ4n) is 1.96. The number of ether oxygens (including phenoxy) is 1. The Hall–Kier alpha value is -1.72. The molecule has 2 aromatic heterocycles. The number of nitrogens with one attached hydrogen (secondary N) is 1. The van der Waals surface area contributed by atoms with Crippen molar-refractivity contribution in [2.45, 2.75) is 26.3 Å². The monoisotopic (exact) mass is 275 g/mol. The molecule has 0 aromatic carbocycles. The number of pyridine rings is 1. The van der Waals surface area contributed by atoms with Gasteiger partial charge in [0, 0.05) is 32.0 Å². The third-order valence-electron chi connectivity index (χ3n) is 2.92. The van der Waals surface area contributed by atoms with E-state index in [2.05, 4.69) is 17.2 Å². The van der Waals surface area contributed by atoms with Gasteiger partial charge in [-0.1, -0.05) is 13.0 Å². The molecule has 0 unspecified atom stereocenters. The van der Waals surface area contributed by atoms with Crippen molar-refractivity contribution in [3.05, 3.63) is 46.5 Å². The molecular formula is C15H21N3O2. The SMILES string of the molecule is CCCOCCCNCc1cc(=O)n2ccccc2n1. The molecule has 0 aliphatic carbocycles. The molecule has 0 spiro atoms. The third-order valence-corrected chi connectivity index (χ3v) is 2.92. The van der Waals surface area contributed by atoms with Gasteiger partial charge in [0.2, 0.25) is 0 Å². The highest BCUT2D eigenvalue weighted by atomic mass is 16.5. The molecule has 0 aliphatic rings. The maximum atomic E-state index is 11.9. The van der Waals surface area contributed by atoms with E-state index in [0.717, 1.165) is 38.3 Å². The van der Waals surface area contributed by atoms with Crippen LogP contribution >= 0.6 is 0 Å². The van der Waals surface area contributed by atoms with Gasteiger partial charge in [0.1, 0.15) is 5.65 Å². The van der Waals surface area contributed by atoms with E-state index in [-0.39, 0.29) is 5.56 Å². The van der Waals surface area contributed by atoms with E-state index in [4.69, 9.17) is 4.74 Å². The van der Waals surface area contributed by atoms with Crippen LogP contribution in [0.25, 0.3) is 5.65 Å². The predicted molar refractivity (Wildman–Crippen MR) is 78.9 cm³/mol. The average Bonchev–Trinajstić information content (AvgIpc) is 2.46. The summed E-state index contributed by atoms with van der Waals surface area (Å²) in [5.41, 5.74) is 1.41. The van der Waals surface area contributed by atoms with E-state index in [9.17, 15) is 4.79 Å². The molecule has 108 valence electrons. The van der Waals surface area contributed by atoms with Crippen molar-refractivity contribution in [3.63, 3.8) is 0 Å². The summed E-state index contributed by atoms with van der Waals surface area (Å²) >= 11 is 0. The molecule has 5 heteroatoms. The molecule has 0 atom stereocenters. The van der Waals surface area contributed by atoms with Gasteiger partial charge in [-0.2, -0.15) is 0 Å². The zero-order valence-electron chi connectivity index (χ0n) is 11.8. The molecule has 0 radical (unpaired) electrons. The van der Waals surface area contributed by atoms with Crippen LogP contribution in [0.15, 0.2) is 35.3 Å². The first-order valence-electron chi connectivity index (χ1n) is 7.07. The zero-order chi connectivity index (χ0) is 14.2. The van der Waals surface area contributed by atoms with Gasteiger partial charge in [-0.05, 0) is 31.5 Å². The molecule has 20 heavy (non-hydrogen) atoms. The molecule has 0 fully saturated rings. The quantitative estimate of drug-likeness (QED) is 0.744. The standard InChI is InChI=1S/C15H21N3O2/c1-2-9-20-10-5-7-16-12-13-11-15(19)18-8-4-3-6-14(18)17-13/h3-4,6,8,11,16H,2,5,7,9-10,12H2,1H3. The fraction of sp³-hybridized carbons (Fsp3) is 0.467. The maximum absolute atomic E-state index is 11.9. The summed E-state index contributed by atoms with van der Waals surface area (Å²) in [7, 11) is 0. The topological polar surface area (TPSA) is 55.6 Å². The smallest absolute Gasteiger partial charge is 0.258 e. The predicted octanol–water partition coefficient (Wildman–Crippen LogP) is 1.60. The minimum absolute atomic E-state index is 0.0429. The Kier molecular flexibility index (Phi) is 5.70. The molecule has 0 amide bonds. The number of fused-ring (bicyclic) bond motifs is 1. The van der Waals surface area contributed by atoms with Gasteiger partial charge in [-0.3, -0.25) is 9.20 Å². The van der Waals surface area contributed by atoms with Crippen LogP contribution in [-0.4, -0.2) is 29.1 Å². The molecule has 2 rings (SSSR count). The number of hydrogen-bond acceptors (Lipinski definition) is 4. The molecule has 0 bridgehead atoms. The minimum Gasteiger partial charge on any atom is -0.381 e. The largest absolute Gasteiger partial charge is 0.381 e. The van der Waals surface area contributed by atoms with Gasteiger partial charge in [0.25, 0.3) is 5.56 Å². The van der Waals surface area contributed by atoms with Crippen molar-refractivity contribution in [2.24, 2.45) is 0 Å². The number of rotatable bonds is 8. The van der Waals surface area contributed by atoms with Gasteiger partial charge in [0.15, 0.2) is 0 Å². The van der Waals surface area contributed by atoms with Crippen LogP contribution in [0.3, 0.4) is 0 Å². The Bertz CT molecular complexity index is 595. The van der Waals surface area contributed by atoms with E-state index in [0.29, 0.717) is 12.2 Å². The molecule has 2 aromatic rings. The van der Waals surface area contributed by atoms with E-state index < -0.39 is 0 Å². The van der Waals surface area contributed by atoms with Crippen LogP contribution in [0.2, 0.25) is 0 Å². The summed E-state index contributed by atoms with van der Waals surface area (Å²) in [5, 5.41) is 3.28. The molecule has 0 saturated heterocycles.